The molecule has 0 saturated heterocycles. The number of nitrogens with zero attached hydrogens (tertiary/aromatic N) is 5. The molecular weight excluding hydrogens is 409 g/mol. The highest BCUT2D eigenvalue weighted by molar-refractivity contribution is 5.68. The van der Waals surface area contributed by atoms with E-state index in [2.05, 4.69) is 15.4 Å². The van der Waals surface area contributed by atoms with Crippen molar-refractivity contribution in [3.63, 3.8) is 0 Å². The largest absolute Gasteiger partial charge is 0.361 e. The van der Waals surface area contributed by atoms with Gasteiger partial charge in [-0.15, -0.1) is 0 Å². The Morgan fingerprint density at radius 2 is 1.81 bits per heavy atom. The van der Waals surface area contributed by atoms with Gasteiger partial charge in [0.2, 0.25) is 5.43 Å². The Hall–Kier alpha value is -4.33. The van der Waals surface area contributed by atoms with E-state index in [0.717, 1.165) is 11.3 Å². The minimum absolute atomic E-state index is 0.169. The van der Waals surface area contributed by atoms with E-state index in [1.54, 1.807) is 36.0 Å². The van der Waals surface area contributed by atoms with Gasteiger partial charge in [0.15, 0.2) is 5.69 Å². The number of aromatic nitrogens is 5. The van der Waals surface area contributed by atoms with Gasteiger partial charge in [-0.05, 0) is 49.7 Å². The van der Waals surface area contributed by atoms with Gasteiger partial charge in [-0.1, -0.05) is 29.4 Å². The van der Waals surface area contributed by atoms with Gasteiger partial charge in [-0.25, -0.2) is 13.8 Å². The van der Waals surface area contributed by atoms with Crippen LogP contribution in [0.1, 0.15) is 11.5 Å². The third kappa shape index (κ3) is 3.31. The van der Waals surface area contributed by atoms with Crippen LogP contribution in [0.4, 0.5) is 4.39 Å². The average molecular weight is 427 g/mol. The standard InChI is InChI=1S/C24H18FN5O2/c1-15-23(16(2)32-28-15)17-8-9-20(19(25)14-17)29-13-11-22(31)24(27-29)21-10-12-26-30(21)18-6-4-3-5-7-18/h3-14H,1-2H3. The topological polar surface area (TPSA) is 78.7 Å². The van der Waals surface area contributed by atoms with Crippen molar-refractivity contribution >= 4 is 0 Å². The molecule has 0 amide bonds. The van der Waals surface area contributed by atoms with Crippen molar-refractivity contribution in [1.29, 1.82) is 0 Å². The zero-order valence-corrected chi connectivity index (χ0v) is 17.4. The van der Waals surface area contributed by atoms with E-state index in [0.29, 0.717) is 22.7 Å². The molecule has 5 aromatic rings. The molecule has 3 heterocycles. The molecule has 0 spiro atoms. The quantitative estimate of drug-likeness (QED) is 0.422. The molecule has 8 heteroatoms. The van der Waals surface area contributed by atoms with Crippen LogP contribution in [-0.2, 0) is 0 Å². The fraction of sp³-hybridized carbons (Fsp3) is 0.0833. The average Bonchev–Trinajstić information content (AvgIpc) is 3.41. The number of benzene rings is 2. The maximum absolute atomic E-state index is 15.1. The highest BCUT2D eigenvalue weighted by Crippen LogP contribution is 2.29. The van der Waals surface area contributed by atoms with Crippen LogP contribution in [0.15, 0.2) is 82.4 Å². The number of hydrogen-bond donors (Lipinski definition) is 0. The van der Waals surface area contributed by atoms with E-state index in [1.165, 1.54) is 23.0 Å². The van der Waals surface area contributed by atoms with Crippen molar-refractivity contribution in [2.45, 2.75) is 13.8 Å². The van der Waals surface area contributed by atoms with E-state index in [1.807, 2.05) is 37.3 Å². The predicted molar refractivity (Wildman–Crippen MR) is 117 cm³/mol. The molecule has 0 bridgehead atoms. The first-order valence-corrected chi connectivity index (χ1v) is 9.96. The van der Waals surface area contributed by atoms with Gasteiger partial charge >= 0.3 is 0 Å². The lowest BCUT2D eigenvalue weighted by Crippen LogP contribution is -2.15. The fourth-order valence-corrected chi connectivity index (χ4v) is 3.72. The lowest BCUT2D eigenvalue weighted by Gasteiger charge is -2.11. The molecule has 2 aromatic carbocycles. The maximum atomic E-state index is 15.1. The monoisotopic (exact) mass is 427 g/mol. The summed E-state index contributed by atoms with van der Waals surface area (Å²) in [6.07, 6.45) is 3.04. The Morgan fingerprint density at radius 1 is 1.00 bits per heavy atom. The van der Waals surface area contributed by atoms with Crippen molar-refractivity contribution in [3.05, 3.63) is 101 Å². The number of rotatable bonds is 4. The summed E-state index contributed by atoms with van der Waals surface area (Å²) in [5.74, 6) is 0.133. The van der Waals surface area contributed by atoms with Gasteiger partial charge in [0.05, 0.1) is 23.3 Å². The van der Waals surface area contributed by atoms with Crippen LogP contribution in [0.2, 0.25) is 0 Å². The molecule has 32 heavy (non-hydrogen) atoms. The number of halogens is 1. The first-order chi connectivity index (χ1) is 15.5. The molecule has 0 saturated carbocycles. The van der Waals surface area contributed by atoms with E-state index >= 15 is 4.39 Å². The van der Waals surface area contributed by atoms with Gasteiger partial charge in [0.25, 0.3) is 0 Å². The van der Waals surface area contributed by atoms with Crippen molar-refractivity contribution in [3.8, 4) is 33.9 Å². The lowest BCUT2D eigenvalue weighted by molar-refractivity contribution is 0.393. The summed E-state index contributed by atoms with van der Waals surface area (Å²) in [4.78, 5) is 12.6. The first kappa shape index (κ1) is 19.6. The molecular formula is C24H18FN5O2. The zero-order valence-electron chi connectivity index (χ0n) is 17.4. The zero-order chi connectivity index (χ0) is 22.2. The van der Waals surface area contributed by atoms with Crippen LogP contribution >= 0.6 is 0 Å². The van der Waals surface area contributed by atoms with Gasteiger partial charge in [-0.2, -0.15) is 10.2 Å². The number of para-hydroxylation sites is 1. The van der Waals surface area contributed by atoms with Crippen molar-refractivity contribution in [1.82, 2.24) is 24.7 Å². The highest BCUT2D eigenvalue weighted by atomic mass is 19.1. The van der Waals surface area contributed by atoms with Crippen LogP contribution in [0.3, 0.4) is 0 Å². The molecule has 0 N–H and O–H groups in total. The molecule has 7 nitrogen and oxygen atoms in total. The van der Waals surface area contributed by atoms with E-state index in [9.17, 15) is 4.79 Å². The Labute approximate surface area is 182 Å². The highest BCUT2D eigenvalue weighted by Gasteiger charge is 2.17. The van der Waals surface area contributed by atoms with Gasteiger partial charge in [-0.3, -0.25) is 4.79 Å². The second-order valence-corrected chi connectivity index (χ2v) is 7.30. The molecule has 0 radical (unpaired) electrons. The van der Waals surface area contributed by atoms with Gasteiger partial charge < -0.3 is 4.52 Å². The summed E-state index contributed by atoms with van der Waals surface area (Å²) in [7, 11) is 0. The SMILES string of the molecule is Cc1noc(C)c1-c1ccc(-n2ccc(=O)c(-c3ccnn3-c3ccccc3)n2)c(F)c1. The summed E-state index contributed by atoms with van der Waals surface area (Å²) in [5.41, 5.74) is 3.51. The predicted octanol–water partition coefficient (Wildman–Crippen LogP) is 4.50. The van der Waals surface area contributed by atoms with Crippen molar-refractivity contribution < 1.29 is 8.91 Å². The maximum Gasteiger partial charge on any atom is 0.209 e. The third-order valence-electron chi connectivity index (χ3n) is 5.21. The summed E-state index contributed by atoms with van der Waals surface area (Å²) in [5, 5.41) is 12.7. The molecule has 158 valence electrons. The second-order valence-electron chi connectivity index (χ2n) is 7.30. The molecule has 0 aliphatic heterocycles. The lowest BCUT2D eigenvalue weighted by atomic mass is 10.0. The molecule has 0 aliphatic rings. The molecule has 0 atom stereocenters. The van der Waals surface area contributed by atoms with E-state index < -0.39 is 5.82 Å². The third-order valence-corrected chi connectivity index (χ3v) is 5.21. The summed E-state index contributed by atoms with van der Waals surface area (Å²) >= 11 is 0. The van der Waals surface area contributed by atoms with E-state index in [4.69, 9.17) is 4.52 Å². The minimum Gasteiger partial charge on any atom is -0.361 e. The van der Waals surface area contributed by atoms with Crippen LogP contribution in [-0.4, -0.2) is 24.7 Å². The number of aryl methyl sites for hydroxylation is 2. The summed E-state index contributed by atoms with van der Waals surface area (Å²) in [6.45, 7) is 3.59. The molecule has 0 unspecified atom stereocenters. The van der Waals surface area contributed by atoms with Crippen LogP contribution in [0.25, 0.3) is 33.9 Å². The molecule has 5 rings (SSSR count). The van der Waals surface area contributed by atoms with Gasteiger partial charge in [0.1, 0.15) is 17.3 Å². The Kier molecular flexibility index (Phi) is 4.74. The molecule has 3 aromatic heterocycles. The fourth-order valence-electron chi connectivity index (χ4n) is 3.72. The van der Waals surface area contributed by atoms with Crippen molar-refractivity contribution in [2.24, 2.45) is 0 Å². The van der Waals surface area contributed by atoms with Crippen LogP contribution in [0, 0.1) is 19.7 Å². The normalized spacial score (nSPS) is 11.1. The van der Waals surface area contributed by atoms with Crippen LogP contribution < -0.4 is 5.43 Å². The Balaban J connectivity index is 1.59. The molecule has 0 aliphatic carbocycles. The number of hydrogen-bond acceptors (Lipinski definition) is 5. The minimum atomic E-state index is -0.485. The Bertz CT molecular complexity index is 1460. The second kappa shape index (κ2) is 7.73. The summed E-state index contributed by atoms with van der Waals surface area (Å²) < 4.78 is 23.3. The van der Waals surface area contributed by atoms with E-state index in [-0.39, 0.29) is 16.8 Å². The summed E-state index contributed by atoms with van der Waals surface area (Å²) in [6, 6.07) is 17.3. The van der Waals surface area contributed by atoms with Crippen molar-refractivity contribution in [2.75, 3.05) is 0 Å². The smallest absolute Gasteiger partial charge is 0.209 e. The molecule has 0 fully saturated rings. The Morgan fingerprint density at radius 3 is 2.53 bits per heavy atom. The van der Waals surface area contributed by atoms with Crippen LogP contribution in [0.5, 0.6) is 0 Å². The van der Waals surface area contributed by atoms with Gasteiger partial charge in [0, 0.05) is 17.8 Å². The first-order valence-electron chi connectivity index (χ1n) is 9.96.